The summed E-state index contributed by atoms with van der Waals surface area (Å²) in [4.78, 5) is 2.32. The Hall–Kier alpha value is -0.130. The summed E-state index contributed by atoms with van der Waals surface area (Å²) in [5, 5.41) is 3.42. The smallest absolute Gasteiger partial charge is 0.151 e. The highest BCUT2D eigenvalue weighted by Crippen LogP contribution is 2.07. The van der Waals surface area contributed by atoms with E-state index in [1.54, 1.807) is 0 Å². The number of nitrogens with zero attached hydrogens (tertiary/aromatic N) is 1. The summed E-state index contributed by atoms with van der Waals surface area (Å²) in [5.74, 6) is 0.737. The van der Waals surface area contributed by atoms with E-state index in [-0.39, 0.29) is 0 Å². The van der Waals surface area contributed by atoms with Gasteiger partial charge in [0.25, 0.3) is 0 Å². The first kappa shape index (κ1) is 16.9. The molecule has 0 aromatic heterocycles. The number of nitrogens with one attached hydrogen (secondary N) is 1. The Kier molecular flexibility index (Phi) is 8.66. The third-order valence-electron chi connectivity index (χ3n) is 3.65. The van der Waals surface area contributed by atoms with E-state index >= 15 is 0 Å². The Morgan fingerprint density at radius 2 is 1.79 bits per heavy atom. The fourth-order valence-electron chi connectivity index (χ4n) is 2.45. The van der Waals surface area contributed by atoms with Crippen molar-refractivity contribution in [2.45, 2.75) is 45.4 Å². The van der Waals surface area contributed by atoms with Crippen molar-refractivity contribution in [2.75, 3.05) is 44.2 Å². The number of sulfone groups is 1. The largest absolute Gasteiger partial charge is 0.317 e. The highest BCUT2D eigenvalue weighted by Gasteiger charge is 2.18. The van der Waals surface area contributed by atoms with Crippen LogP contribution < -0.4 is 5.32 Å². The van der Waals surface area contributed by atoms with Crippen LogP contribution in [0.4, 0.5) is 0 Å². The normalized spacial score (nSPS) is 20.3. The molecule has 1 aliphatic heterocycles. The van der Waals surface area contributed by atoms with Gasteiger partial charge in [0.2, 0.25) is 0 Å². The van der Waals surface area contributed by atoms with Crippen LogP contribution in [0.2, 0.25) is 0 Å². The lowest BCUT2D eigenvalue weighted by Gasteiger charge is -2.18. The highest BCUT2D eigenvalue weighted by molar-refractivity contribution is 7.91. The van der Waals surface area contributed by atoms with E-state index in [1.165, 1.54) is 32.1 Å². The van der Waals surface area contributed by atoms with Gasteiger partial charge in [-0.2, -0.15) is 0 Å². The van der Waals surface area contributed by atoms with Crippen LogP contribution in [-0.4, -0.2) is 57.5 Å². The maximum atomic E-state index is 11.5. The van der Waals surface area contributed by atoms with Gasteiger partial charge >= 0.3 is 0 Å². The van der Waals surface area contributed by atoms with Crippen LogP contribution in [0.15, 0.2) is 0 Å². The van der Waals surface area contributed by atoms with E-state index in [1.807, 2.05) is 0 Å². The SMILES string of the molecule is CCCNCCCCCCN1CCCS(=O)(=O)CC1. The van der Waals surface area contributed by atoms with Gasteiger partial charge in [-0.1, -0.05) is 19.8 Å². The van der Waals surface area contributed by atoms with Crippen LogP contribution in [0.5, 0.6) is 0 Å². The zero-order valence-corrected chi connectivity index (χ0v) is 13.2. The second-order valence-electron chi connectivity index (χ2n) is 5.51. The third kappa shape index (κ3) is 8.60. The van der Waals surface area contributed by atoms with Crippen LogP contribution in [0.1, 0.15) is 45.4 Å². The fraction of sp³-hybridized carbons (Fsp3) is 1.00. The van der Waals surface area contributed by atoms with Gasteiger partial charge in [0.1, 0.15) is 0 Å². The highest BCUT2D eigenvalue weighted by atomic mass is 32.2. The minimum Gasteiger partial charge on any atom is -0.317 e. The topological polar surface area (TPSA) is 49.4 Å². The van der Waals surface area contributed by atoms with Crippen molar-refractivity contribution >= 4 is 9.84 Å². The lowest BCUT2D eigenvalue weighted by atomic mass is 10.2. The molecule has 114 valence electrons. The van der Waals surface area contributed by atoms with Crippen molar-refractivity contribution in [1.29, 1.82) is 0 Å². The van der Waals surface area contributed by atoms with E-state index in [0.717, 1.165) is 39.1 Å². The molecule has 1 aliphatic rings. The molecule has 1 heterocycles. The van der Waals surface area contributed by atoms with E-state index in [0.29, 0.717) is 11.5 Å². The molecule has 0 saturated carbocycles. The Balaban J connectivity index is 1.97. The molecule has 0 spiro atoms. The summed E-state index contributed by atoms with van der Waals surface area (Å²) in [6, 6.07) is 0. The molecular formula is C14H30N2O2S. The molecule has 0 bridgehead atoms. The minimum absolute atomic E-state index is 0.355. The average molecular weight is 290 g/mol. The molecule has 0 aromatic carbocycles. The first-order valence-electron chi connectivity index (χ1n) is 7.77. The fourth-order valence-corrected chi connectivity index (χ4v) is 3.76. The molecule has 1 saturated heterocycles. The molecule has 5 heteroatoms. The van der Waals surface area contributed by atoms with E-state index < -0.39 is 9.84 Å². The van der Waals surface area contributed by atoms with Crippen LogP contribution in [0.25, 0.3) is 0 Å². The lowest BCUT2D eigenvalue weighted by molar-refractivity contribution is 0.287. The molecule has 0 amide bonds. The van der Waals surface area contributed by atoms with Gasteiger partial charge in [-0.15, -0.1) is 0 Å². The summed E-state index contributed by atoms with van der Waals surface area (Å²) < 4.78 is 23.0. The van der Waals surface area contributed by atoms with Gasteiger partial charge in [0.15, 0.2) is 9.84 Å². The number of hydrogen-bond donors (Lipinski definition) is 1. The zero-order chi connectivity index (χ0) is 14.0. The molecule has 0 aromatic rings. The number of hydrogen-bond acceptors (Lipinski definition) is 4. The summed E-state index contributed by atoms with van der Waals surface area (Å²) in [6.45, 7) is 7.21. The van der Waals surface area contributed by atoms with Crippen molar-refractivity contribution < 1.29 is 8.42 Å². The lowest BCUT2D eigenvalue weighted by Crippen LogP contribution is -2.28. The first-order chi connectivity index (χ1) is 9.14. The molecular weight excluding hydrogens is 260 g/mol. The molecule has 1 fully saturated rings. The Labute approximate surface area is 118 Å². The van der Waals surface area contributed by atoms with Crippen molar-refractivity contribution in [2.24, 2.45) is 0 Å². The summed E-state index contributed by atoms with van der Waals surface area (Å²) in [7, 11) is -2.75. The van der Waals surface area contributed by atoms with E-state index in [9.17, 15) is 8.42 Å². The molecule has 4 nitrogen and oxygen atoms in total. The van der Waals surface area contributed by atoms with Gasteiger partial charge in [0.05, 0.1) is 11.5 Å². The maximum Gasteiger partial charge on any atom is 0.151 e. The molecule has 0 radical (unpaired) electrons. The van der Waals surface area contributed by atoms with Crippen LogP contribution in [0, 0.1) is 0 Å². The third-order valence-corrected chi connectivity index (χ3v) is 5.37. The number of rotatable bonds is 9. The Morgan fingerprint density at radius 3 is 2.58 bits per heavy atom. The van der Waals surface area contributed by atoms with Crippen LogP contribution in [-0.2, 0) is 9.84 Å². The molecule has 1 rings (SSSR count). The second kappa shape index (κ2) is 9.72. The number of unbranched alkanes of at least 4 members (excludes halogenated alkanes) is 3. The average Bonchev–Trinajstić information content (AvgIpc) is 2.54. The minimum atomic E-state index is -2.75. The second-order valence-corrected chi connectivity index (χ2v) is 7.81. The van der Waals surface area contributed by atoms with E-state index in [2.05, 4.69) is 17.1 Å². The van der Waals surface area contributed by atoms with E-state index in [4.69, 9.17) is 0 Å². The molecule has 1 N–H and O–H groups in total. The zero-order valence-electron chi connectivity index (χ0n) is 12.4. The maximum absolute atomic E-state index is 11.5. The predicted octanol–water partition coefficient (Wildman–Crippen LogP) is 1.67. The van der Waals surface area contributed by atoms with Crippen molar-refractivity contribution in [1.82, 2.24) is 10.2 Å². The van der Waals surface area contributed by atoms with Gasteiger partial charge in [-0.25, -0.2) is 8.42 Å². The summed E-state index contributed by atoms with van der Waals surface area (Å²) >= 11 is 0. The van der Waals surface area contributed by atoms with Gasteiger partial charge < -0.3 is 10.2 Å². The molecule has 0 atom stereocenters. The molecule has 0 aliphatic carbocycles. The van der Waals surface area contributed by atoms with Gasteiger partial charge in [0, 0.05) is 6.54 Å². The Bertz CT molecular complexity index is 317. The molecule has 19 heavy (non-hydrogen) atoms. The first-order valence-corrected chi connectivity index (χ1v) is 9.59. The van der Waals surface area contributed by atoms with Crippen molar-refractivity contribution in [3.8, 4) is 0 Å². The summed E-state index contributed by atoms with van der Waals surface area (Å²) in [6.07, 6.45) is 7.02. The summed E-state index contributed by atoms with van der Waals surface area (Å²) in [5.41, 5.74) is 0. The predicted molar refractivity (Wildman–Crippen MR) is 81.3 cm³/mol. The molecule has 0 unspecified atom stereocenters. The van der Waals surface area contributed by atoms with Crippen molar-refractivity contribution in [3.63, 3.8) is 0 Å². The van der Waals surface area contributed by atoms with Crippen LogP contribution >= 0.6 is 0 Å². The monoisotopic (exact) mass is 290 g/mol. The van der Waals surface area contributed by atoms with Crippen molar-refractivity contribution in [3.05, 3.63) is 0 Å². The Morgan fingerprint density at radius 1 is 1.00 bits per heavy atom. The van der Waals surface area contributed by atoms with Gasteiger partial charge in [-0.05, 0) is 51.9 Å². The standard InChI is InChI=1S/C14H30N2O2S/c1-2-8-15-9-5-3-4-6-10-16-11-7-13-19(17,18)14-12-16/h15H,2-14H2,1H3. The van der Waals surface area contributed by atoms with Gasteiger partial charge in [-0.3, -0.25) is 0 Å². The van der Waals surface area contributed by atoms with Crippen LogP contribution in [0.3, 0.4) is 0 Å². The quantitative estimate of drug-likeness (QED) is 0.656.